The van der Waals surface area contributed by atoms with Gasteiger partial charge in [0.05, 0.1) is 5.56 Å². The van der Waals surface area contributed by atoms with Crippen LogP contribution in [0.3, 0.4) is 0 Å². The van der Waals surface area contributed by atoms with E-state index in [0.29, 0.717) is 11.6 Å². The third-order valence-electron chi connectivity index (χ3n) is 6.51. The van der Waals surface area contributed by atoms with Crippen LogP contribution in [0, 0.1) is 5.92 Å². The Morgan fingerprint density at radius 3 is 2.62 bits per heavy atom. The highest BCUT2D eigenvalue weighted by Gasteiger charge is 2.38. The SMILES string of the molecule is O=C(O)c1cccc(CCCN2CCC(CN[C@@H]3C[C@H]3c3ccccc3)CC2)c1. The summed E-state index contributed by atoms with van der Waals surface area (Å²) >= 11 is 0. The maximum Gasteiger partial charge on any atom is 0.335 e. The average molecular weight is 393 g/mol. The molecule has 2 aliphatic rings. The zero-order valence-electron chi connectivity index (χ0n) is 17.1. The lowest BCUT2D eigenvalue weighted by Gasteiger charge is -2.32. The Balaban J connectivity index is 1.11. The van der Waals surface area contributed by atoms with Gasteiger partial charge in [-0.1, -0.05) is 42.5 Å². The summed E-state index contributed by atoms with van der Waals surface area (Å²) in [5.41, 5.74) is 3.00. The summed E-state index contributed by atoms with van der Waals surface area (Å²) in [6.45, 7) is 4.64. The second-order valence-corrected chi connectivity index (χ2v) is 8.66. The molecule has 0 aromatic heterocycles. The fourth-order valence-electron chi connectivity index (χ4n) is 4.59. The van der Waals surface area contributed by atoms with Crippen LogP contribution in [0.2, 0.25) is 0 Å². The molecule has 2 N–H and O–H groups in total. The van der Waals surface area contributed by atoms with Crippen molar-refractivity contribution in [1.82, 2.24) is 10.2 Å². The molecule has 0 unspecified atom stereocenters. The number of piperidine rings is 1. The number of hydrogen-bond donors (Lipinski definition) is 2. The van der Waals surface area contributed by atoms with E-state index in [1.807, 2.05) is 12.1 Å². The quantitative estimate of drug-likeness (QED) is 0.672. The number of rotatable bonds is 9. The van der Waals surface area contributed by atoms with Crippen molar-refractivity contribution in [2.24, 2.45) is 5.92 Å². The van der Waals surface area contributed by atoms with Gasteiger partial charge in [-0.25, -0.2) is 4.79 Å². The number of carboxylic acid groups (broad SMARTS) is 1. The minimum atomic E-state index is -0.844. The second-order valence-electron chi connectivity index (χ2n) is 8.66. The van der Waals surface area contributed by atoms with Gasteiger partial charge in [-0.05, 0) is 87.5 Å². The first kappa shape index (κ1) is 20.1. The monoisotopic (exact) mass is 392 g/mol. The molecule has 1 saturated heterocycles. The van der Waals surface area contributed by atoms with E-state index in [9.17, 15) is 4.79 Å². The molecule has 0 bridgehead atoms. The van der Waals surface area contributed by atoms with Crippen LogP contribution in [0.4, 0.5) is 0 Å². The van der Waals surface area contributed by atoms with E-state index in [0.717, 1.165) is 43.3 Å². The molecule has 4 heteroatoms. The summed E-state index contributed by atoms with van der Waals surface area (Å²) in [7, 11) is 0. The van der Waals surface area contributed by atoms with Crippen LogP contribution < -0.4 is 5.32 Å². The first-order valence-corrected chi connectivity index (χ1v) is 11.0. The van der Waals surface area contributed by atoms with Gasteiger partial charge in [-0.15, -0.1) is 0 Å². The van der Waals surface area contributed by atoms with Crippen LogP contribution in [0.5, 0.6) is 0 Å². The van der Waals surface area contributed by atoms with Crippen LogP contribution in [0.15, 0.2) is 54.6 Å². The van der Waals surface area contributed by atoms with Crippen molar-refractivity contribution in [3.63, 3.8) is 0 Å². The number of carboxylic acids is 1. The molecule has 0 amide bonds. The van der Waals surface area contributed by atoms with E-state index in [1.165, 1.54) is 37.9 Å². The lowest BCUT2D eigenvalue weighted by Crippen LogP contribution is -2.38. The summed E-state index contributed by atoms with van der Waals surface area (Å²) in [5.74, 6) is 0.676. The van der Waals surface area contributed by atoms with Gasteiger partial charge in [0.25, 0.3) is 0 Å². The number of aryl methyl sites for hydroxylation is 1. The second kappa shape index (κ2) is 9.55. The maximum atomic E-state index is 11.1. The molecule has 0 radical (unpaired) electrons. The van der Waals surface area contributed by atoms with Crippen LogP contribution in [0.1, 0.15) is 53.1 Å². The topological polar surface area (TPSA) is 52.6 Å². The lowest BCUT2D eigenvalue weighted by atomic mass is 9.96. The molecule has 1 aliphatic carbocycles. The van der Waals surface area contributed by atoms with Crippen molar-refractivity contribution in [3.05, 3.63) is 71.3 Å². The van der Waals surface area contributed by atoms with E-state index in [1.54, 1.807) is 12.1 Å². The van der Waals surface area contributed by atoms with Gasteiger partial charge in [-0.3, -0.25) is 0 Å². The molecule has 2 aromatic rings. The molecule has 2 aromatic carbocycles. The Hall–Kier alpha value is -2.17. The minimum absolute atomic E-state index is 0.390. The molecule has 2 fully saturated rings. The molecule has 29 heavy (non-hydrogen) atoms. The number of aromatic carboxylic acids is 1. The van der Waals surface area contributed by atoms with Gasteiger partial charge in [0.2, 0.25) is 0 Å². The number of benzene rings is 2. The Kier molecular flexibility index (Phi) is 6.63. The van der Waals surface area contributed by atoms with Gasteiger partial charge in [-0.2, -0.15) is 0 Å². The van der Waals surface area contributed by atoms with Gasteiger partial charge in [0.15, 0.2) is 0 Å². The van der Waals surface area contributed by atoms with E-state index >= 15 is 0 Å². The first-order valence-electron chi connectivity index (χ1n) is 11.0. The predicted molar refractivity (Wildman–Crippen MR) is 116 cm³/mol. The smallest absolute Gasteiger partial charge is 0.335 e. The summed E-state index contributed by atoms with van der Waals surface area (Å²) in [4.78, 5) is 13.7. The van der Waals surface area contributed by atoms with Crippen molar-refractivity contribution < 1.29 is 9.90 Å². The average Bonchev–Trinajstić information content (AvgIpc) is 3.54. The third-order valence-corrected chi connectivity index (χ3v) is 6.51. The fraction of sp³-hybridized carbons (Fsp3) is 0.480. The van der Waals surface area contributed by atoms with Gasteiger partial charge < -0.3 is 15.3 Å². The van der Waals surface area contributed by atoms with Gasteiger partial charge in [0.1, 0.15) is 0 Å². The molecule has 154 valence electrons. The molecule has 4 rings (SSSR count). The minimum Gasteiger partial charge on any atom is -0.478 e. The van der Waals surface area contributed by atoms with Crippen LogP contribution in [-0.2, 0) is 6.42 Å². The molecule has 1 heterocycles. The summed E-state index contributed by atoms with van der Waals surface area (Å²) in [5, 5.41) is 12.9. The number of nitrogens with one attached hydrogen (secondary N) is 1. The normalized spacial score (nSPS) is 22.5. The molecule has 1 saturated carbocycles. The van der Waals surface area contributed by atoms with Crippen molar-refractivity contribution in [2.75, 3.05) is 26.2 Å². The van der Waals surface area contributed by atoms with Crippen LogP contribution in [0.25, 0.3) is 0 Å². The highest BCUT2D eigenvalue weighted by molar-refractivity contribution is 5.87. The summed E-state index contributed by atoms with van der Waals surface area (Å²) < 4.78 is 0. The van der Waals surface area contributed by atoms with E-state index < -0.39 is 5.97 Å². The number of nitrogens with zero attached hydrogens (tertiary/aromatic N) is 1. The Bertz CT molecular complexity index is 799. The van der Waals surface area contributed by atoms with Crippen LogP contribution >= 0.6 is 0 Å². The van der Waals surface area contributed by atoms with Crippen molar-refractivity contribution in [2.45, 2.75) is 44.1 Å². The standard InChI is InChI=1S/C25H32N2O2/c28-25(29)22-10-4-6-19(16-22)7-5-13-27-14-11-20(12-15-27)18-26-24-17-23(24)21-8-2-1-3-9-21/h1-4,6,8-10,16,20,23-24,26H,5,7,11-15,17-18H2,(H,28,29)/t23-,24+/m0/s1. The Morgan fingerprint density at radius 2 is 1.86 bits per heavy atom. The highest BCUT2D eigenvalue weighted by Crippen LogP contribution is 2.40. The largest absolute Gasteiger partial charge is 0.478 e. The predicted octanol–water partition coefficient (Wildman–Crippen LogP) is 4.18. The first-order chi connectivity index (χ1) is 14.2. The molecular formula is C25H32N2O2. The highest BCUT2D eigenvalue weighted by atomic mass is 16.4. The van der Waals surface area contributed by atoms with Gasteiger partial charge >= 0.3 is 5.97 Å². The van der Waals surface area contributed by atoms with E-state index in [2.05, 4.69) is 40.5 Å². The Labute approximate surface area is 173 Å². The Morgan fingerprint density at radius 1 is 1.07 bits per heavy atom. The van der Waals surface area contributed by atoms with Crippen molar-refractivity contribution in [3.8, 4) is 0 Å². The molecule has 1 aliphatic heterocycles. The fourth-order valence-corrected chi connectivity index (χ4v) is 4.59. The summed E-state index contributed by atoms with van der Waals surface area (Å²) in [6.07, 6.45) is 5.89. The third kappa shape index (κ3) is 5.68. The van der Waals surface area contributed by atoms with Crippen molar-refractivity contribution in [1.29, 1.82) is 0 Å². The zero-order chi connectivity index (χ0) is 20.1. The molecule has 4 nitrogen and oxygen atoms in total. The summed E-state index contributed by atoms with van der Waals surface area (Å²) in [6, 6.07) is 18.9. The zero-order valence-corrected chi connectivity index (χ0v) is 17.1. The molecule has 0 spiro atoms. The number of carbonyl (C=O) groups is 1. The number of hydrogen-bond acceptors (Lipinski definition) is 3. The lowest BCUT2D eigenvalue weighted by molar-refractivity contribution is 0.0696. The van der Waals surface area contributed by atoms with Crippen LogP contribution in [-0.4, -0.2) is 48.2 Å². The van der Waals surface area contributed by atoms with E-state index in [-0.39, 0.29) is 0 Å². The molecular weight excluding hydrogens is 360 g/mol. The van der Waals surface area contributed by atoms with Gasteiger partial charge in [0, 0.05) is 12.0 Å². The van der Waals surface area contributed by atoms with E-state index in [4.69, 9.17) is 5.11 Å². The maximum absolute atomic E-state index is 11.1. The van der Waals surface area contributed by atoms with Crippen molar-refractivity contribution >= 4 is 5.97 Å². The number of likely N-dealkylation sites (tertiary alicyclic amines) is 1. The molecule has 2 atom stereocenters.